The molecule has 1 aliphatic heterocycles. The van der Waals surface area contributed by atoms with Crippen molar-refractivity contribution in [3.8, 4) is 0 Å². The molecule has 0 bridgehead atoms. The molecule has 138 valence electrons. The first-order valence-electron chi connectivity index (χ1n) is 8.00. The number of rotatable bonds is 5. The van der Waals surface area contributed by atoms with Gasteiger partial charge in [-0.1, -0.05) is 6.08 Å². The Morgan fingerprint density at radius 2 is 2.20 bits per heavy atom. The minimum atomic E-state index is -0.859. The van der Waals surface area contributed by atoms with Gasteiger partial charge in [0.15, 0.2) is 0 Å². The van der Waals surface area contributed by atoms with E-state index < -0.39 is 17.0 Å². The van der Waals surface area contributed by atoms with E-state index in [1.54, 1.807) is 13.2 Å². The smallest absolute Gasteiger partial charge is 0.242 e. The maximum absolute atomic E-state index is 11.3. The highest BCUT2D eigenvalue weighted by atomic mass is 32.2. The van der Waals surface area contributed by atoms with Gasteiger partial charge >= 0.3 is 0 Å². The van der Waals surface area contributed by atoms with Crippen molar-refractivity contribution in [1.82, 2.24) is 19.9 Å². The molecule has 2 atom stereocenters. The van der Waals surface area contributed by atoms with Gasteiger partial charge in [0.2, 0.25) is 12.3 Å². The van der Waals surface area contributed by atoms with Gasteiger partial charge in [0.05, 0.1) is 16.7 Å². The molecule has 0 aromatic carbocycles. The molecular formula is C17H26N4O3S. The largest absolute Gasteiger partial charge is 0.357 e. The second kappa shape index (κ2) is 10.7. The molecule has 1 aromatic heterocycles. The number of carbonyl (C=O) groups is 2. The maximum Gasteiger partial charge on any atom is 0.242 e. The molecule has 1 aliphatic rings. The van der Waals surface area contributed by atoms with Gasteiger partial charge in [-0.2, -0.15) is 0 Å². The normalized spacial score (nSPS) is 16.6. The molecular weight excluding hydrogens is 340 g/mol. The predicted octanol–water partition coefficient (Wildman–Crippen LogP) is 0.640. The van der Waals surface area contributed by atoms with Crippen molar-refractivity contribution in [1.29, 1.82) is 0 Å². The van der Waals surface area contributed by atoms with Crippen molar-refractivity contribution in [2.75, 3.05) is 26.4 Å². The van der Waals surface area contributed by atoms with Gasteiger partial charge in [-0.25, -0.2) is 8.51 Å². The van der Waals surface area contributed by atoms with Crippen LogP contribution in [-0.4, -0.2) is 58.3 Å². The van der Waals surface area contributed by atoms with Gasteiger partial charge in [0, 0.05) is 32.6 Å². The summed E-state index contributed by atoms with van der Waals surface area (Å²) >= 11 is 0. The Bertz CT molecular complexity index is 649. The Balaban J connectivity index is 0.000000299. The van der Waals surface area contributed by atoms with Crippen LogP contribution in [0.4, 0.5) is 0 Å². The van der Waals surface area contributed by atoms with Gasteiger partial charge in [0.1, 0.15) is 6.04 Å². The molecule has 0 saturated carbocycles. The van der Waals surface area contributed by atoms with Crippen LogP contribution in [0.15, 0.2) is 24.4 Å². The van der Waals surface area contributed by atoms with Gasteiger partial charge in [-0.15, -0.1) is 0 Å². The monoisotopic (exact) mass is 366 g/mol. The highest BCUT2D eigenvalue weighted by Crippen LogP contribution is 2.21. The number of likely N-dealkylation sites (N-methyl/N-ethyl adjacent to an activating group) is 1. The first kappa shape index (κ1) is 21.0. The molecule has 2 N–H and O–H groups in total. The zero-order valence-electron chi connectivity index (χ0n) is 15.1. The minimum Gasteiger partial charge on any atom is -0.357 e. The van der Waals surface area contributed by atoms with E-state index in [2.05, 4.69) is 34.7 Å². The molecule has 0 aliphatic carbocycles. The van der Waals surface area contributed by atoms with Crippen LogP contribution in [0.2, 0.25) is 0 Å². The first-order valence-corrected chi connectivity index (χ1v) is 9.52. The summed E-state index contributed by atoms with van der Waals surface area (Å²) in [5, 5.41) is 4.69. The number of amides is 2. The average molecular weight is 366 g/mol. The molecule has 2 unspecified atom stereocenters. The van der Waals surface area contributed by atoms with Crippen molar-refractivity contribution >= 4 is 28.9 Å². The second-order valence-electron chi connectivity index (χ2n) is 5.63. The predicted molar refractivity (Wildman–Crippen MR) is 99.9 cm³/mol. The third-order valence-electron chi connectivity index (χ3n) is 3.74. The van der Waals surface area contributed by atoms with Crippen LogP contribution in [0.5, 0.6) is 0 Å². The van der Waals surface area contributed by atoms with Crippen LogP contribution in [0.25, 0.3) is 5.57 Å². The van der Waals surface area contributed by atoms with Crippen LogP contribution >= 0.6 is 0 Å². The standard InChI is InChI=1S/C12H16N2OS.C5H10N2O2/c1-10-3-6-13-12(9-10)11-4-7-14(8-5-11)16(2)15;1-4(7-3-8)5(9)6-2/h3-4,6,9H,5,7-8H2,1-2H3;3-4H,1-2H3,(H,6,9)(H,7,8). The summed E-state index contributed by atoms with van der Waals surface area (Å²) in [4.78, 5) is 24.7. The fraction of sp³-hybridized carbons (Fsp3) is 0.471. The fourth-order valence-electron chi connectivity index (χ4n) is 2.22. The Morgan fingerprint density at radius 3 is 2.68 bits per heavy atom. The number of aryl methyl sites for hydroxylation is 1. The van der Waals surface area contributed by atoms with Crippen LogP contribution in [0.3, 0.4) is 0 Å². The van der Waals surface area contributed by atoms with Crippen molar-refractivity contribution in [2.24, 2.45) is 0 Å². The Labute approximate surface area is 151 Å². The Hall–Kier alpha value is -2.06. The van der Waals surface area contributed by atoms with Gasteiger partial charge in [-0.05, 0) is 43.5 Å². The molecule has 2 heterocycles. The molecule has 0 saturated heterocycles. The SMILES string of the molecule is CNC(=O)C(C)NC=O.Cc1ccnc(C2=CCN(S(C)=O)CC2)c1. The molecule has 25 heavy (non-hydrogen) atoms. The topological polar surface area (TPSA) is 91.4 Å². The summed E-state index contributed by atoms with van der Waals surface area (Å²) < 4.78 is 13.2. The van der Waals surface area contributed by atoms with E-state index in [0.29, 0.717) is 6.41 Å². The van der Waals surface area contributed by atoms with Crippen molar-refractivity contribution in [3.63, 3.8) is 0 Å². The third-order valence-corrected chi connectivity index (χ3v) is 4.80. The molecule has 7 nitrogen and oxygen atoms in total. The van der Waals surface area contributed by atoms with Crippen LogP contribution in [-0.2, 0) is 20.6 Å². The van der Waals surface area contributed by atoms with Gasteiger partial charge in [0.25, 0.3) is 0 Å². The zero-order chi connectivity index (χ0) is 18.8. The lowest BCUT2D eigenvalue weighted by Crippen LogP contribution is -2.39. The number of aromatic nitrogens is 1. The lowest BCUT2D eigenvalue weighted by molar-refractivity contribution is -0.124. The van der Waals surface area contributed by atoms with Crippen molar-refractivity contribution < 1.29 is 13.8 Å². The summed E-state index contributed by atoms with van der Waals surface area (Å²) in [5.74, 6) is -0.192. The molecule has 0 radical (unpaired) electrons. The van der Waals surface area contributed by atoms with Gasteiger partial charge in [-0.3, -0.25) is 14.6 Å². The van der Waals surface area contributed by atoms with Crippen molar-refractivity contribution in [3.05, 3.63) is 35.7 Å². The van der Waals surface area contributed by atoms with Crippen LogP contribution in [0.1, 0.15) is 24.6 Å². The maximum atomic E-state index is 11.3. The Kier molecular flexibility index (Phi) is 9.01. The summed E-state index contributed by atoms with van der Waals surface area (Å²) in [7, 11) is 0.660. The molecule has 0 spiro atoms. The molecule has 2 rings (SSSR count). The molecule has 0 fully saturated rings. The van der Waals surface area contributed by atoms with E-state index in [1.807, 2.05) is 16.6 Å². The number of nitrogens with one attached hydrogen (secondary N) is 2. The number of carbonyl (C=O) groups excluding carboxylic acids is 2. The lowest BCUT2D eigenvalue weighted by Gasteiger charge is -2.23. The van der Waals surface area contributed by atoms with E-state index in [0.717, 1.165) is 25.2 Å². The summed E-state index contributed by atoms with van der Waals surface area (Å²) in [5.41, 5.74) is 3.55. The quantitative estimate of drug-likeness (QED) is 0.748. The lowest BCUT2D eigenvalue weighted by atomic mass is 10.0. The second-order valence-corrected chi connectivity index (χ2v) is 6.99. The van der Waals surface area contributed by atoms with Crippen LogP contribution in [0, 0.1) is 6.92 Å². The van der Waals surface area contributed by atoms with Gasteiger partial charge < -0.3 is 10.6 Å². The highest BCUT2D eigenvalue weighted by molar-refractivity contribution is 7.81. The van der Waals surface area contributed by atoms with Crippen LogP contribution < -0.4 is 10.6 Å². The fourth-order valence-corrected chi connectivity index (χ4v) is 2.86. The van der Waals surface area contributed by atoms with Crippen molar-refractivity contribution in [2.45, 2.75) is 26.3 Å². The number of pyridine rings is 1. The average Bonchev–Trinajstić information content (AvgIpc) is 2.62. The van der Waals surface area contributed by atoms with E-state index >= 15 is 0 Å². The molecule has 2 amide bonds. The van der Waals surface area contributed by atoms with E-state index in [1.165, 1.54) is 18.2 Å². The minimum absolute atomic E-state index is 0.192. The number of hydrogen-bond donors (Lipinski definition) is 2. The Morgan fingerprint density at radius 1 is 1.48 bits per heavy atom. The summed E-state index contributed by atoms with van der Waals surface area (Å²) in [6, 6.07) is 3.66. The summed E-state index contributed by atoms with van der Waals surface area (Å²) in [6.07, 6.45) is 7.13. The number of hydrogen-bond acceptors (Lipinski definition) is 4. The molecule has 1 aromatic rings. The molecule has 8 heteroatoms. The summed E-state index contributed by atoms with van der Waals surface area (Å²) in [6.45, 7) is 5.29. The van der Waals surface area contributed by atoms with E-state index in [9.17, 15) is 13.8 Å². The zero-order valence-corrected chi connectivity index (χ0v) is 15.9. The third kappa shape index (κ3) is 7.15. The highest BCUT2D eigenvalue weighted by Gasteiger charge is 2.15. The van der Waals surface area contributed by atoms with E-state index in [4.69, 9.17) is 0 Å². The number of nitrogens with zero attached hydrogens (tertiary/aromatic N) is 2. The first-order chi connectivity index (χ1) is 11.9. The van der Waals surface area contributed by atoms with E-state index in [-0.39, 0.29) is 5.91 Å².